The zero-order valence-corrected chi connectivity index (χ0v) is 12.0. The van der Waals surface area contributed by atoms with Crippen molar-refractivity contribution in [3.05, 3.63) is 46.2 Å². The van der Waals surface area contributed by atoms with Crippen LogP contribution >= 0.6 is 11.6 Å². The van der Waals surface area contributed by atoms with Gasteiger partial charge < -0.3 is 5.32 Å². The summed E-state index contributed by atoms with van der Waals surface area (Å²) in [4.78, 5) is 0. The molecule has 0 fully saturated rings. The second-order valence-corrected chi connectivity index (χ2v) is 5.47. The SMILES string of the molecule is Cn1ncc2c1CCCC2Nc1ccc(Cl)c(C#N)c1. The fourth-order valence-electron chi connectivity index (χ4n) is 2.76. The van der Waals surface area contributed by atoms with E-state index in [1.807, 2.05) is 24.0 Å². The van der Waals surface area contributed by atoms with Crippen molar-refractivity contribution in [2.75, 3.05) is 5.32 Å². The molecule has 0 bridgehead atoms. The second kappa shape index (κ2) is 5.18. The molecule has 0 saturated carbocycles. The number of hydrogen-bond acceptors (Lipinski definition) is 3. The minimum atomic E-state index is 0.250. The van der Waals surface area contributed by atoms with Crippen LogP contribution in [0.15, 0.2) is 24.4 Å². The lowest BCUT2D eigenvalue weighted by atomic mass is 9.93. The van der Waals surface area contributed by atoms with Crippen LogP contribution in [0.2, 0.25) is 5.02 Å². The van der Waals surface area contributed by atoms with Crippen molar-refractivity contribution in [2.24, 2.45) is 7.05 Å². The lowest BCUT2D eigenvalue weighted by molar-refractivity contribution is 0.571. The first kappa shape index (κ1) is 13.0. The molecule has 5 heteroatoms. The van der Waals surface area contributed by atoms with Gasteiger partial charge in [-0.3, -0.25) is 4.68 Å². The number of nitrogens with zero attached hydrogens (tertiary/aromatic N) is 3. The van der Waals surface area contributed by atoms with Crippen LogP contribution in [0.5, 0.6) is 0 Å². The topological polar surface area (TPSA) is 53.6 Å². The Hall–Kier alpha value is -1.99. The third-order valence-corrected chi connectivity index (χ3v) is 4.13. The molecule has 4 nitrogen and oxygen atoms in total. The largest absolute Gasteiger partial charge is 0.378 e. The Morgan fingerprint density at radius 3 is 3.15 bits per heavy atom. The Morgan fingerprint density at radius 1 is 1.50 bits per heavy atom. The zero-order chi connectivity index (χ0) is 14.1. The molecule has 1 aliphatic rings. The van der Waals surface area contributed by atoms with E-state index in [2.05, 4.69) is 16.5 Å². The van der Waals surface area contributed by atoms with Gasteiger partial charge in [-0.25, -0.2) is 0 Å². The van der Waals surface area contributed by atoms with Crippen LogP contribution in [0.3, 0.4) is 0 Å². The van der Waals surface area contributed by atoms with E-state index in [-0.39, 0.29) is 6.04 Å². The molecule has 0 spiro atoms. The van der Waals surface area contributed by atoms with Crippen LogP contribution in [-0.4, -0.2) is 9.78 Å². The van der Waals surface area contributed by atoms with E-state index >= 15 is 0 Å². The molecular formula is C15H15ClN4. The quantitative estimate of drug-likeness (QED) is 0.920. The molecule has 0 amide bonds. The Balaban J connectivity index is 1.88. The third-order valence-electron chi connectivity index (χ3n) is 3.80. The summed E-state index contributed by atoms with van der Waals surface area (Å²) >= 11 is 5.96. The van der Waals surface area contributed by atoms with Crippen molar-refractivity contribution in [1.29, 1.82) is 5.26 Å². The first-order valence-corrected chi connectivity index (χ1v) is 7.04. The van der Waals surface area contributed by atoms with E-state index in [1.165, 1.54) is 11.3 Å². The summed E-state index contributed by atoms with van der Waals surface area (Å²) in [7, 11) is 1.98. The monoisotopic (exact) mass is 286 g/mol. The van der Waals surface area contributed by atoms with Gasteiger partial charge in [0, 0.05) is 24.0 Å². The summed E-state index contributed by atoms with van der Waals surface area (Å²) in [5.74, 6) is 0. The zero-order valence-electron chi connectivity index (χ0n) is 11.2. The van der Waals surface area contributed by atoms with Gasteiger partial charge in [0.05, 0.1) is 22.8 Å². The minimum absolute atomic E-state index is 0.250. The number of aromatic nitrogens is 2. The highest BCUT2D eigenvalue weighted by Gasteiger charge is 2.23. The molecule has 0 aliphatic heterocycles. The fourth-order valence-corrected chi connectivity index (χ4v) is 2.92. The predicted octanol–water partition coefficient (Wildman–Crippen LogP) is 3.43. The van der Waals surface area contributed by atoms with Crippen LogP contribution < -0.4 is 5.32 Å². The molecule has 1 atom stereocenters. The standard InChI is InChI=1S/C15H15ClN4/c1-20-15-4-2-3-14(12(15)9-18-20)19-11-5-6-13(16)10(7-11)8-17/h5-7,9,14,19H,2-4H2,1H3. The molecule has 20 heavy (non-hydrogen) atoms. The van der Waals surface area contributed by atoms with Gasteiger partial charge in [0.25, 0.3) is 0 Å². The Labute approximate surface area is 123 Å². The molecular weight excluding hydrogens is 272 g/mol. The number of benzene rings is 1. The van der Waals surface area contributed by atoms with Gasteiger partial charge in [0.1, 0.15) is 6.07 Å². The Morgan fingerprint density at radius 2 is 2.35 bits per heavy atom. The van der Waals surface area contributed by atoms with Gasteiger partial charge in [-0.05, 0) is 37.5 Å². The van der Waals surface area contributed by atoms with E-state index in [4.69, 9.17) is 16.9 Å². The number of aryl methyl sites for hydroxylation is 1. The molecule has 0 radical (unpaired) electrons. The number of anilines is 1. The van der Waals surface area contributed by atoms with Crippen LogP contribution in [0.4, 0.5) is 5.69 Å². The molecule has 1 unspecified atom stereocenters. The molecule has 0 saturated heterocycles. The van der Waals surface area contributed by atoms with Crippen LogP contribution in [0.1, 0.15) is 35.7 Å². The fraction of sp³-hybridized carbons (Fsp3) is 0.333. The van der Waals surface area contributed by atoms with E-state index in [1.54, 1.807) is 12.1 Å². The number of halogens is 1. The number of nitriles is 1. The number of hydrogen-bond donors (Lipinski definition) is 1. The van der Waals surface area contributed by atoms with E-state index in [9.17, 15) is 0 Å². The molecule has 1 heterocycles. The maximum atomic E-state index is 9.03. The average molecular weight is 287 g/mol. The summed E-state index contributed by atoms with van der Waals surface area (Å²) in [6.45, 7) is 0. The second-order valence-electron chi connectivity index (χ2n) is 5.07. The summed E-state index contributed by atoms with van der Waals surface area (Å²) in [5, 5.41) is 17.4. The van der Waals surface area contributed by atoms with E-state index in [0.717, 1.165) is 24.9 Å². The molecule has 1 N–H and O–H groups in total. The molecule has 102 valence electrons. The summed E-state index contributed by atoms with van der Waals surface area (Å²) in [5.41, 5.74) is 3.97. The van der Waals surface area contributed by atoms with Gasteiger partial charge in [0.15, 0.2) is 0 Å². The summed E-state index contributed by atoms with van der Waals surface area (Å²) in [6.07, 6.45) is 5.23. The highest BCUT2D eigenvalue weighted by molar-refractivity contribution is 6.31. The molecule has 2 aromatic rings. The predicted molar refractivity (Wildman–Crippen MR) is 78.7 cm³/mol. The first-order chi connectivity index (χ1) is 9.69. The summed E-state index contributed by atoms with van der Waals surface area (Å²) < 4.78 is 1.95. The minimum Gasteiger partial charge on any atom is -0.378 e. The highest BCUT2D eigenvalue weighted by atomic mass is 35.5. The molecule has 1 aromatic heterocycles. The number of rotatable bonds is 2. The number of nitrogens with one attached hydrogen (secondary N) is 1. The number of fused-ring (bicyclic) bond motifs is 1. The maximum absolute atomic E-state index is 9.03. The molecule has 1 aromatic carbocycles. The smallest absolute Gasteiger partial charge is 0.101 e. The van der Waals surface area contributed by atoms with Gasteiger partial charge in [-0.1, -0.05) is 11.6 Å². The van der Waals surface area contributed by atoms with Crippen molar-refractivity contribution in [3.8, 4) is 6.07 Å². The van der Waals surface area contributed by atoms with Crippen molar-refractivity contribution >= 4 is 17.3 Å². The van der Waals surface area contributed by atoms with Crippen LogP contribution in [0, 0.1) is 11.3 Å². The van der Waals surface area contributed by atoms with Crippen molar-refractivity contribution < 1.29 is 0 Å². The van der Waals surface area contributed by atoms with E-state index < -0.39 is 0 Å². The average Bonchev–Trinajstić information content (AvgIpc) is 2.84. The maximum Gasteiger partial charge on any atom is 0.101 e. The van der Waals surface area contributed by atoms with Gasteiger partial charge in [-0.2, -0.15) is 10.4 Å². The normalized spacial score (nSPS) is 17.4. The third kappa shape index (κ3) is 2.25. The highest BCUT2D eigenvalue weighted by Crippen LogP contribution is 2.32. The van der Waals surface area contributed by atoms with Crippen LogP contribution in [0.25, 0.3) is 0 Å². The lowest BCUT2D eigenvalue weighted by Crippen LogP contribution is -2.17. The molecule has 1 aliphatic carbocycles. The van der Waals surface area contributed by atoms with Gasteiger partial charge in [-0.15, -0.1) is 0 Å². The Bertz CT molecular complexity index is 684. The van der Waals surface area contributed by atoms with Crippen LogP contribution in [-0.2, 0) is 13.5 Å². The first-order valence-electron chi connectivity index (χ1n) is 6.66. The Kier molecular flexibility index (Phi) is 3.37. The molecule has 3 rings (SSSR count). The summed E-state index contributed by atoms with van der Waals surface area (Å²) in [6, 6.07) is 7.83. The lowest BCUT2D eigenvalue weighted by Gasteiger charge is -2.25. The van der Waals surface area contributed by atoms with Crippen molar-refractivity contribution in [3.63, 3.8) is 0 Å². The van der Waals surface area contributed by atoms with Gasteiger partial charge >= 0.3 is 0 Å². The van der Waals surface area contributed by atoms with Crippen molar-refractivity contribution in [2.45, 2.75) is 25.3 Å². The van der Waals surface area contributed by atoms with Gasteiger partial charge in [0.2, 0.25) is 0 Å². The van der Waals surface area contributed by atoms with Crippen molar-refractivity contribution in [1.82, 2.24) is 9.78 Å². The van der Waals surface area contributed by atoms with E-state index in [0.29, 0.717) is 10.6 Å².